The largest absolute Gasteiger partial charge is 0.476 e. The highest BCUT2D eigenvalue weighted by molar-refractivity contribution is 9.10. The van der Waals surface area contributed by atoms with Gasteiger partial charge in [0.1, 0.15) is 6.61 Å². The maximum atomic E-state index is 12.9. The van der Waals surface area contributed by atoms with Crippen LogP contribution in [0.2, 0.25) is 0 Å². The van der Waals surface area contributed by atoms with E-state index >= 15 is 0 Å². The van der Waals surface area contributed by atoms with Crippen LogP contribution in [0.25, 0.3) is 11.1 Å². The first-order valence-corrected chi connectivity index (χ1v) is 13.5. The lowest BCUT2D eigenvalue weighted by molar-refractivity contribution is 0.0599. The van der Waals surface area contributed by atoms with Crippen molar-refractivity contribution in [2.75, 3.05) is 44.4 Å². The Morgan fingerprint density at radius 2 is 2.11 bits per heavy atom. The molecule has 0 spiro atoms. The van der Waals surface area contributed by atoms with Gasteiger partial charge in [-0.25, -0.2) is 9.48 Å². The molecule has 1 aliphatic carbocycles. The van der Waals surface area contributed by atoms with Gasteiger partial charge in [-0.3, -0.25) is 9.69 Å². The number of piperidine rings is 1. The van der Waals surface area contributed by atoms with E-state index in [1.807, 2.05) is 18.2 Å². The minimum Gasteiger partial charge on any atom is -0.476 e. The molecule has 2 atom stereocenters. The summed E-state index contributed by atoms with van der Waals surface area (Å²) in [6.45, 7) is 3.11. The zero-order valence-electron chi connectivity index (χ0n) is 21.9. The number of rotatable bonds is 8. The summed E-state index contributed by atoms with van der Waals surface area (Å²) < 4.78 is 15.0. The Balaban J connectivity index is 1.29. The van der Waals surface area contributed by atoms with Crippen molar-refractivity contribution in [3.63, 3.8) is 0 Å². The van der Waals surface area contributed by atoms with Crippen molar-refractivity contribution in [2.45, 2.75) is 24.8 Å². The van der Waals surface area contributed by atoms with Crippen LogP contribution in [0.4, 0.5) is 11.4 Å². The van der Waals surface area contributed by atoms with E-state index in [-0.39, 0.29) is 16.7 Å². The third-order valence-corrected chi connectivity index (χ3v) is 8.09. The van der Waals surface area contributed by atoms with E-state index in [9.17, 15) is 9.59 Å². The van der Waals surface area contributed by atoms with Crippen LogP contribution in [0.1, 0.15) is 29.6 Å². The summed E-state index contributed by atoms with van der Waals surface area (Å²) in [5.74, 6) is 0.601. The lowest BCUT2D eigenvalue weighted by Crippen LogP contribution is -2.52. The molecule has 1 aliphatic heterocycles. The van der Waals surface area contributed by atoms with Crippen LogP contribution in [0.15, 0.2) is 45.9 Å². The minimum absolute atomic E-state index is 0.0108. The van der Waals surface area contributed by atoms with Crippen molar-refractivity contribution in [3.05, 3.63) is 57.0 Å². The Labute approximate surface area is 229 Å². The van der Waals surface area contributed by atoms with E-state index in [1.165, 1.54) is 30.4 Å². The Morgan fingerprint density at radius 1 is 1.29 bits per heavy atom. The van der Waals surface area contributed by atoms with Crippen molar-refractivity contribution < 1.29 is 14.3 Å². The van der Waals surface area contributed by atoms with Gasteiger partial charge in [0.15, 0.2) is 0 Å². The predicted molar refractivity (Wildman–Crippen MR) is 149 cm³/mol. The van der Waals surface area contributed by atoms with Gasteiger partial charge in [-0.1, -0.05) is 15.9 Å². The van der Waals surface area contributed by atoms with Crippen molar-refractivity contribution in [1.29, 1.82) is 0 Å². The minimum atomic E-state index is -0.514. The number of carbonyl (C=O) groups is 1. The maximum absolute atomic E-state index is 12.9. The first kappa shape index (κ1) is 26.3. The number of fused-ring (bicyclic) bond motifs is 2. The standard InChI is InChI=1S/C27H33BrN6O4/c1-32-15-18(26(36)37-3)10-20(24(32)35)21-13-30-33(2)25(21)38-9-8-34-14-17-6-7-27(12-17,16-34)31-23-5-4-19(28)11-22(23)29/h4-5,10-11,13,15,17,31H,6-9,12,14,16,29H2,1-3H3. The molecule has 2 fully saturated rings. The molecule has 3 N–H and O–H groups in total. The number of aryl methyl sites for hydroxylation is 2. The van der Waals surface area contributed by atoms with Crippen LogP contribution >= 0.6 is 15.9 Å². The zero-order valence-corrected chi connectivity index (χ0v) is 23.5. The Bertz CT molecular complexity index is 1420. The maximum Gasteiger partial charge on any atom is 0.339 e. The summed E-state index contributed by atoms with van der Waals surface area (Å²) >= 11 is 3.48. The van der Waals surface area contributed by atoms with E-state index in [0.29, 0.717) is 29.5 Å². The zero-order chi connectivity index (χ0) is 27.0. The molecule has 3 aromatic rings. The number of ether oxygens (including phenoxy) is 2. The van der Waals surface area contributed by atoms with Gasteiger partial charge in [-0.2, -0.15) is 5.10 Å². The molecule has 1 saturated heterocycles. The average Bonchev–Trinajstić information content (AvgIpc) is 3.40. The Hall–Kier alpha value is -3.31. The number of nitrogen functional groups attached to an aromatic ring is 1. The summed E-state index contributed by atoms with van der Waals surface area (Å²) in [5, 5.41) is 8.09. The summed E-state index contributed by atoms with van der Waals surface area (Å²) in [6.07, 6.45) is 6.48. The normalized spacial score (nSPS) is 20.9. The fraction of sp³-hybridized carbons (Fsp3) is 0.444. The monoisotopic (exact) mass is 584 g/mol. The fourth-order valence-corrected chi connectivity index (χ4v) is 6.22. The van der Waals surface area contributed by atoms with Gasteiger partial charge in [0.05, 0.1) is 46.9 Å². The number of benzene rings is 1. The summed E-state index contributed by atoms with van der Waals surface area (Å²) in [6, 6.07) is 7.51. The molecular formula is C27H33BrN6O4. The SMILES string of the molecule is COC(=O)c1cc(-c2cnn(C)c2OCCN2CC3CCC(Nc4ccc(Br)cc4N)(C3)C2)c(=O)n(C)c1. The molecule has 1 saturated carbocycles. The number of pyridine rings is 1. The second-order valence-corrected chi connectivity index (χ2v) is 11.3. The molecule has 2 aromatic heterocycles. The number of hydrogen-bond donors (Lipinski definition) is 2. The van der Waals surface area contributed by atoms with Crippen LogP contribution in [-0.2, 0) is 18.8 Å². The number of esters is 1. The number of likely N-dealkylation sites (tertiary alicyclic amines) is 1. The van der Waals surface area contributed by atoms with Gasteiger partial charge in [-0.15, -0.1) is 0 Å². The molecule has 2 aliphatic rings. The van der Waals surface area contributed by atoms with Crippen LogP contribution in [0.5, 0.6) is 5.88 Å². The fourth-order valence-electron chi connectivity index (χ4n) is 5.84. The van der Waals surface area contributed by atoms with Crippen LogP contribution in [0, 0.1) is 5.92 Å². The van der Waals surface area contributed by atoms with Gasteiger partial charge in [-0.05, 0) is 49.4 Å². The number of nitrogens with zero attached hydrogens (tertiary/aromatic N) is 4. The number of nitrogens with two attached hydrogens (primary N) is 1. The second kappa shape index (κ2) is 10.5. The first-order valence-electron chi connectivity index (χ1n) is 12.7. The molecule has 202 valence electrons. The number of halogens is 1. The summed E-state index contributed by atoms with van der Waals surface area (Å²) in [5.41, 5.74) is 8.90. The lowest BCUT2D eigenvalue weighted by atomic mass is 9.90. The topological polar surface area (TPSA) is 117 Å². The third kappa shape index (κ3) is 5.17. The second-order valence-electron chi connectivity index (χ2n) is 10.4. The van der Waals surface area contributed by atoms with Crippen molar-refractivity contribution in [3.8, 4) is 17.0 Å². The van der Waals surface area contributed by atoms with Crippen LogP contribution in [0.3, 0.4) is 0 Å². The number of methoxy groups -OCH3 is 1. The number of nitrogens with one attached hydrogen (secondary N) is 1. The van der Waals surface area contributed by atoms with E-state index in [2.05, 4.69) is 31.2 Å². The van der Waals surface area contributed by atoms with Crippen molar-refractivity contribution in [2.24, 2.45) is 20.0 Å². The number of hydrogen-bond acceptors (Lipinski definition) is 8. The van der Waals surface area contributed by atoms with E-state index in [0.717, 1.165) is 48.3 Å². The Morgan fingerprint density at radius 3 is 2.87 bits per heavy atom. The summed E-state index contributed by atoms with van der Waals surface area (Å²) in [4.78, 5) is 27.5. The highest BCUT2D eigenvalue weighted by atomic mass is 79.9. The smallest absolute Gasteiger partial charge is 0.339 e. The Kier molecular flexibility index (Phi) is 7.23. The number of carbonyl (C=O) groups excluding carboxylic acids is 1. The summed E-state index contributed by atoms with van der Waals surface area (Å²) in [7, 11) is 4.69. The van der Waals surface area contributed by atoms with Gasteiger partial charge in [0.2, 0.25) is 5.88 Å². The number of anilines is 2. The average molecular weight is 586 g/mol. The molecule has 5 rings (SSSR count). The molecular weight excluding hydrogens is 552 g/mol. The molecule has 0 amide bonds. The predicted octanol–water partition coefficient (Wildman–Crippen LogP) is 3.26. The molecule has 0 radical (unpaired) electrons. The molecule has 3 heterocycles. The van der Waals surface area contributed by atoms with Crippen LogP contribution < -0.4 is 21.3 Å². The lowest BCUT2D eigenvalue weighted by Gasteiger charge is -2.41. The molecule has 1 aromatic carbocycles. The molecule has 10 nitrogen and oxygen atoms in total. The van der Waals surface area contributed by atoms with Gasteiger partial charge in [0.25, 0.3) is 5.56 Å². The quantitative estimate of drug-likeness (QED) is 0.306. The molecule has 11 heteroatoms. The van der Waals surface area contributed by atoms with Gasteiger partial charge < -0.3 is 25.1 Å². The van der Waals surface area contributed by atoms with Crippen molar-refractivity contribution >= 4 is 33.3 Å². The van der Waals surface area contributed by atoms with Crippen molar-refractivity contribution in [1.82, 2.24) is 19.2 Å². The third-order valence-electron chi connectivity index (χ3n) is 7.59. The highest BCUT2D eigenvalue weighted by Crippen LogP contribution is 2.43. The molecule has 38 heavy (non-hydrogen) atoms. The van der Waals surface area contributed by atoms with Gasteiger partial charge in [0, 0.05) is 44.4 Å². The highest BCUT2D eigenvalue weighted by Gasteiger charge is 2.45. The van der Waals surface area contributed by atoms with Gasteiger partial charge >= 0.3 is 5.97 Å². The number of aromatic nitrogens is 3. The molecule has 2 bridgehead atoms. The van der Waals surface area contributed by atoms with E-state index in [1.54, 1.807) is 25.0 Å². The van der Waals surface area contributed by atoms with E-state index in [4.69, 9.17) is 15.2 Å². The first-order chi connectivity index (χ1) is 18.2. The molecule has 2 unspecified atom stereocenters. The van der Waals surface area contributed by atoms with Crippen LogP contribution in [-0.4, -0.2) is 64.1 Å². The van der Waals surface area contributed by atoms with E-state index < -0.39 is 5.97 Å².